The highest BCUT2D eigenvalue weighted by Gasteiger charge is 2.18. The van der Waals surface area contributed by atoms with Crippen molar-refractivity contribution in [3.05, 3.63) is 95.0 Å². The van der Waals surface area contributed by atoms with Crippen LogP contribution < -0.4 is 5.32 Å². The minimum Gasteiger partial charge on any atom is -0.356 e. The van der Waals surface area contributed by atoms with Crippen LogP contribution in [0.25, 0.3) is 0 Å². The molecule has 4 nitrogen and oxygen atoms in total. The Morgan fingerprint density at radius 1 is 1.00 bits per heavy atom. The molecule has 3 aromatic rings. The minimum atomic E-state index is -0.00927. The number of nitrogens with zero attached hydrogens (tertiary/aromatic N) is 2. The van der Waals surface area contributed by atoms with Crippen molar-refractivity contribution >= 4 is 17.5 Å². The van der Waals surface area contributed by atoms with Gasteiger partial charge in [0.2, 0.25) is 5.91 Å². The number of nitrogens with one attached hydrogen (secondary N) is 1. The summed E-state index contributed by atoms with van der Waals surface area (Å²) in [5.41, 5.74) is 3.05. The summed E-state index contributed by atoms with van der Waals surface area (Å²) in [4.78, 5) is 20.7. The van der Waals surface area contributed by atoms with E-state index in [4.69, 9.17) is 11.6 Å². The molecule has 1 unspecified atom stereocenters. The average molecular weight is 366 g/mol. The number of carbonyl (C=O) groups excluding carboxylic acids is 1. The topological polar surface area (TPSA) is 54.9 Å². The van der Waals surface area contributed by atoms with E-state index >= 15 is 0 Å². The van der Waals surface area contributed by atoms with Crippen molar-refractivity contribution in [1.82, 2.24) is 15.3 Å². The third-order valence-electron chi connectivity index (χ3n) is 4.18. The van der Waals surface area contributed by atoms with Gasteiger partial charge in [-0.15, -0.1) is 0 Å². The molecule has 5 heteroatoms. The largest absolute Gasteiger partial charge is 0.356 e. The van der Waals surface area contributed by atoms with Gasteiger partial charge in [-0.05, 0) is 23.3 Å². The molecule has 0 aliphatic heterocycles. The van der Waals surface area contributed by atoms with Gasteiger partial charge in [0.1, 0.15) is 0 Å². The number of rotatable bonds is 7. The maximum atomic E-state index is 12.5. The molecule has 2 aromatic carbocycles. The Balaban J connectivity index is 1.65. The van der Waals surface area contributed by atoms with Crippen molar-refractivity contribution in [3.8, 4) is 0 Å². The molecule has 1 amide bonds. The first-order chi connectivity index (χ1) is 12.7. The van der Waals surface area contributed by atoms with Gasteiger partial charge in [0.15, 0.2) is 0 Å². The van der Waals surface area contributed by atoms with Crippen LogP contribution in [0.2, 0.25) is 5.02 Å². The van der Waals surface area contributed by atoms with E-state index in [1.54, 1.807) is 18.6 Å². The monoisotopic (exact) mass is 365 g/mol. The fourth-order valence-electron chi connectivity index (χ4n) is 2.86. The Bertz CT molecular complexity index is 823. The summed E-state index contributed by atoms with van der Waals surface area (Å²) >= 11 is 6.00. The number of hydrogen-bond acceptors (Lipinski definition) is 3. The smallest absolute Gasteiger partial charge is 0.220 e. The molecular weight excluding hydrogens is 346 g/mol. The van der Waals surface area contributed by atoms with Crippen LogP contribution in [0.15, 0.2) is 73.2 Å². The highest BCUT2D eigenvalue weighted by Crippen LogP contribution is 2.28. The molecule has 0 aliphatic carbocycles. The van der Waals surface area contributed by atoms with Crippen LogP contribution in [0.3, 0.4) is 0 Å². The maximum absolute atomic E-state index is 12.5. The third kappa shape index (κ3) is 5.14. The SMILES string of the molecule is O=C(CC(c1ccccc1)c1ccc(Cl)cc1)NCCc1cnccn1. The van der Waals surface area contributed by atoms with E-state index in [1.165, 1.54) is 0 Å². The molecule has 1 heterocycles. The van der Waals surface area contributed by atoms with Crippen molar-refractivity contribution in [2.75, 3.05) is 6.54 Å². The summed E-state index contributed by atoms with van der Waals surface area (Å²) in [6.45, 7) is 0.541. The fourth-order valence-corrected chi connectivity index (χ4v) is 2.98. The van der Waals surface area contributed by atoms with Gasteiger partial charge >= 0.3 is 0 Å². The number of amides is 1. The van der Waals surface area contributed by atoms with Crippen LogP contribution in [-0.4, -0.2) is 22.4 Å². The van der Waals surface area contributed by atoms with Crippen molar-refractivity contribution in [2.24, 2.45) is 0 Å². The quantitative estimate of drug-likeness (QED) is 0.688. The number of carbonyl (C=O) groups is 1. The highest BCUT2D eigenvalue weighted by atomic mass is 35.5. The van der Waals surface area contributed by atoms with Gasteiger partial charge in [0.05, 0.1) is 5.69 Å². The van der Waals surface area contributed by atoms with E-state index < -0.39 is 0 Å². The van der Waals surface area contributed by atoms with E-state index in [9.17, 15) is 4.79 Å². The molecule has 1 N–H and O–H groups in total. The first-order valence-corrected chi connectivity index (χ1v) is 8.92. The molecule has 1 aromatic heterocycles. The van der Waals surface area contributed by atoms with Gasteiger partial charge in [-0.2, -0.15) is 0 Å². The second-order valence-corrected chi connectivity index (χ2v) is 6.45. The molecule has 0 saturated heterocycles. The minimum absolute atomic E-state index is 0.00927. The van der Waals surface area contributed by atoms with E-state index in [2.05, 4.69) is 15.3 Å². The van der Waals surface area contributed by atoms with Gasteiger partial charge in [-0.3, -0.25) is 14.8 Å². The highest BCUT2D eigenvalue weighted by molar-refractivity contribution is 6.30. The second kappa shape index (κ2) is 9.11. The number of hydrogen-bond donors (Lipinski definition) is 1. The summed E-state index contributed by atoms with van der Waals surface area (Å²) in [6, 6.07) is 17.7. The molecule has 132 valence electrons. The van der Waals surface area contributed by atoms with Crippen LogP contribution in [-0.2, 0) is 11.2 Å². The third-order valence-corrected chi connectivity index (χ3v) is 4.44. The lowest BCUT2D eigenvalue weighted by atomic mass is 9.88. The van der Waals surface area contributed by atoms with E-state index in [1.807, 2.05) is 54.6 Å². The van der Waals surface area contributed by atoms with Crippen molar-refractivity contribution in [2.45, 2.75) is 18.8 Å². The molecule has 0 saturated carbocycles. The zero-order valence-corrected chi connectivity index (χ0v) is 15.1. The van der Waals surface area contributed by atoms with E-state index in [-0.39, 0.29) is 11.8 Å². The normalized spacial score (nSPS) is 11.7. The summed E-state index contributed by atoms with van der Waals surface area (Å²) in [5, 5.41) is 3.67. The lowest BCUT2D eigenvalue weighted by Gasteiger charge is -2.18. The lowest BCUT2D eigenvalue weighted by molar-refractivity contribution is -0.121. The Labute approximate surface area is 158 Å². The van der Waals surface area contributed by atoms with E-state index in [0.717, 1.165) is 16.8 Å². The van der Waals surface area contributed by atoms with Crippen LogP contribution in [0, 0.1) is 0 Å². The Hall–Kier alpha value is -2.72. The van der Waals surface area contributed by atoms with Crippen molar-refractivity contribution in [3.63, 3.8) is 0 Å². The van der Waals surface area contributed by atoms with Gasteiger partial charge in [-0.25, -0.2) is 0 Å². The molecule has 0 aliphatic rings. The molecule has 26 heavy (non-hydrogen) atoms. The molecular formula is C21H20ClN3O. The average Bonchev–Trinajstić information content (AvgIpc) is 2.68. The number of benzene rings is 2. The zero-order chi connectivity index (χ0) is 18.2. The summed E-state index contributed by atoms with van der Waals surface area (Å²) < 4.78 is 0. The van der Waals surface area contributed by atoms with Gasteiger partial charge < -0.3 is 5.32 Å². The molecule has 0 bridgehead atoms. The first-order valence-electron chi connectivity index (χ1n) is 8.54. The van der Waals surface area contributed by atoms with Crippen molar-refractivity contribution in [1.29, 1.82) is 0 Å². The maximum Gasteiger partial charge on any atom is 0.220 e. The lowest BCUT2D eigenvalue weighted by Crippen LogP contribution is -2.27. The number of halogens is 1. The Morgan fingerprint density at radius 3 is 2.42 bits per heavy atom. The molecule has 0 fully saturated rings. The molecule has 1 atom stereocenters. The predicted molar refractivity (Wildman–Crippen MR) is 103 cm³/mol. The van der Waals surface area contributed by atoms with Gasteiger partial charge in [-0.1, -0.05) is 54.1 Å². The predicted octanol–water partition coefficient (Wildman–Crippen LogP) is 4.01. The molecule has 0 radical (unpaired) electrons. The summed E-state index contributed by atoms with van der Waals surface area (Å²) in [5.74, 6) is 0.00248. The van der Waals surface area contributed by atoms with Gasteiger partial charge in [0.25, 0.3) is 0 Å². The second-order valence-electron chi connectivity index (χ2n) is 6.02. The van der Waals surface area contributed by atoms with Crippen molar-refractivity contribution < 1.29 is 4.79 Å². The molecule has 3 rings (SSSR count). The van der Waals surface area contributed by atoms with Crippen LogP contribution in [0.4, 0.5) is 0 Å². The summed E-state index contributed by atoms with van der Waals surface area (Å²) in [7, 11) is 0. The summed E-state index contributed by atoms with van der Waals surface area (Å²) in [6.07, 6.45) is 6.05. The molecule has 0 spiro atoms. The van der Waals surface area contributed by atoms with E-state index in [0.29, 0.717) is 24.4 Å². The standard InChI is InChI=1S/C21H20ClN3O/c22-18-8-6-17(7-9-18)20(16-4-2-1-3-5-16)14-21(26)25-11-10-19-15-23-12-13-24-19/h1-9,12-13,15,20H,10-11,14H2,(H,25,26). The Morgan fingerprint density at radius 2 is 1.73 bits per heavy atom. The number of aromatic nitrogens is 2. The Kier molecular flexibility index (Phi) is 6.34. The first kappa shape index (κ1) is 18.1. The van der Waals surface area contributed by atoms with Crippen LogP contribution >= 0.6 is 11.6 Å². The zero-order valence-electron chi connectivity index (χ0n) is 14.3. The van der Waals surface area contributed by atoms with Gasteiger partial charge in [0, 0.05) is 48.9 Å². The van der Waals surface area contributed by atoms with Crippen LogP contribution in [0.1, 0.15) is 29.2 Å². The van der Waals surface area contributed by atoms with Crippen LogP contribution in [0.5, 0.6) is 0 Å². The fraction of sp³-hybridized carbons (Fsp3) is 0.190.